The van der Waals surface area contributed by atoms with E-state index in [2.05, 4.69) is 30.9 Å². The number of aromatic nitrogens is 2. The minimum absolute atomic E-state index is 0.595. The zero-order valence-corrected chi connectivity index (χ0v) is 13.5. The fraction of sp³-hybridized carbons (Fsp3) is 0.400. The predicted molar refractivity (Wildman–Crippen MR) is 84.3 cm³/mol. The van der Waals surface area contributed by atoms with E-state index in [1.165, 1.54) is 11.3 Å². The zero-order chi connectivity index (χ0) is 14.7. The summed E-state index contributed by atoms with van der Waals surface area (Å²) >= 11 is 12.0. The number of aryl methyl sites for hydroxylation is 1. The van der Waals surface area contributed by atoms with Gasteiger partial charge in [-0.15, -0.1) is 0 Å². The predicted octanol–water partition coefficient (Wildman–Crippen LogP) is 4.15. The maximum absolute atomic E-state index is 6.04. The van der Waals surface area contributed by atoms with Crippen LogP contribution in [0.25, 0.3) is 0 Å². The van der Waals surface area contributed by atoms with Crippen molar-refractivity contribution in [2.24, 2.45) is 0 Å². The quantitative estimate of drug-likeness (QED) is 0.827. The molecule has 20 heavy (non-hydrogen) atoms. The molecule has 0 spiro atoms. The first kappa shape index (κ1) is 15.4. The van der Waals surface area contributed by atoms with Crippen LogP contribution in [0.15, 0.2) is 24.4 Å². The van der Waals surface area contributed by atoms with E-state index >= 15 is 0 Å². The van der Waals surface area contributed by atoms with Gasteiger partial charge in [0.2, 0.25) is 0 Å². The highest BCUT2D eigenvalue weighted by molar-refractivity contribution is 6.42. The summed E-state index contributed by atoms with van der Waals surface area (Å²) in [5.74, 6) is 0. The van der Waals surface area contributed by atoms with Crippen LogP contribution in [0.2, 0.25) is 10.0 Å². The Balaban J connectivity index is 2.02. The lowest BCUT2D eigenvalue weighted by Gasteiger charge is -2.17. The van der Waals surface area contributed by atoms with Crippen molar-refractivity contribution >= 4 is 23.2 Å². The van der Waals surface area contributed by atoms with Crippen molar-refractivity contribution in [1.82, 2.24) is 14.7 Å². The van der Waals surface area contributed by atoms with Crippen molar-refractivity contribution in [3.8, 4) is 0 Å². The number of nitrogens with zero attached hydrogens (tertiary/aromatic N) is 3. The van der Waals surface area contributed by atoms with E-state index in [0.29, 0.717) is 10.0 Å². The number of benzene rings is 1. The van der Waals surface area contributed by atoms with Gasteiger partial charge in [-0.3, -0.25) is 9.58 Å². The third-order valence-electron chi connectivity index (χ3n) is 3.38. The molecule has 0 aliphatic rings. The van der Waals surface area contributed by atoms with Crippen LogP contribution < -0.4 is 0 Å². The van der Waals surface area contributed by atoms with Crippen LogP contribution in [0.4, 0.5) is 0 Å². The SMILES string of the molecule is CCn1ncc(CN(C)Cc2ccc(Cl)c(Cl)c2)c1C. The Morgan fingerprint density at radius 1 is 1.20 bits per heavy atom. The molecule has 0 amide bonds. The van der Waals surface area contributed by atoms with Crippen molar-refractivity contribution in [3.05, 3.63) is 51.3 Å². The van der Waals surface area contributed by atoms with E-state index in [1.54, 1.807) is 0 Å². The molecule has 0 saturated carbocycles. The van der Waals surface area contributed by atoms with Gasteiger partial charge >= 0.3 is 0 Å². The van der Waals surface area contributed by atoms with Gasteiger partial charge in [0, 0.05) is 30.9 Å². The summed E-state index contributed by atoms with van der Waals surface area (Å²) < 4.78 is 2.02. The van der Waals surface area contributed by atoms with Crippen molar-refractivity contribution < 1.29 is 0 Å². The highest BCUT2D eigenvalue weighted by atomic mass is 35.5. The molecule has 1 heterocycles. The largest absolute Gasteiger partial charge is 0.298 e. The highest BCUT2D eigenvalue weighted by Gasteiger charge is 2.09. The molecule has 0 aliphatic carbocycles. The van der Waals surface area contributed by atoms with Gasteiger partial charge in [-0.05, 0) is 38.6 Å². The van der Waals surface area contributed by atoms with Crippen molar-refractivity contribution in [1.29, 1.82) is 0 Å². The van der Waals surface area contributed by atoms with Gasteiger partial charge in [-0.1, -0.05) is 29.3 Å². The zero-order valence-electron chi connectivity index (χ0n) is 12.0. The molecular weight excluding hydrogens is 293 g/mol. The Kier molecular flexibility index (Phi) is 5.08. The fourth-order valence-corrected chi connectivity index (χ4v) is 2.58. The lowest BCUT2D eigenvalue weighted by Crippen LogP contribution is -2.17. The Morgan fingerprint density at radius 3 is 2.55 bits per heavy atom. The first-order valence-electron chi connectivity index (χ1n) is 6.65. The van der Waals surface area contributed by atoms with Crippen LogP contribution >= 0.6 is 23.2 Å². The van der Waals surface area contributed by atoms with Gasteiger partial charge in [0.25, 0.3) is 0 Å². The molecule has 108 valence electrons. The van der Waals surface area contributed by atoms with Crippen LogP contribution in [0.5, 0.6) is 0 Å². The summed E-state index contributed by atoms with van der Waals surface area (Å²) in [6, 6.07) is 5.77. The summed E-state index contributed by atoms with van der Waals surface area (Å²) in [6.45, 7) is 6.81. The summed E-state index contributed by atoms with van der Waals surface area (Å²) in [6.07, 6.45) is 1.95. The van der Waals surface area contributed by atoms with Crippen LogP contribution in [0.1, 0.15) is 23.7 Å². The van der Waals surface area contributed by atoms with Crippen molar-refractivity contribution in [2.75, 3.05) is 7.05 Å². The van der Waals surface area contributed by atoms with Crippen molar-refractivity contribution in [2.45, 2.75) is 33.5 Å². The van der Waals surface area contributed by atoms with Crippen LogP contribution in [0.3, 0.4) is 0 Å². The number of rotatable bonds is 5. The highest BCUT2D eigenvalue weighted by Crippen LogP contribution is 2.23. The molecule has 2 rings (SSSR count). The fourth-order valence-electron chi connectivity index (χ4n) is 2.26. The van der Waals surface area contributed by atoms with E-state index in [1.807, 2.05) is 29.1 Å². The molecule has 0 radical (unpaired) electrons. The first-order valence-corrected chi connectivity index (χ1v) is 7.40. The van der Waals surface area contributed by atoms with Gasteiger partial charge in [0.1, 0.15) is 0 Å². The number of hydrogen-bond acceptors (Lipinski definition) is 2. The maximum Gasteiger partial charge on any atom is 0.0595 e. The molecule has 3 nitrogen and oxygen atoms in total. The Labute approximate surface area is 130 Å². The lowest BCUT2D eigenvalue weighted by molar-refractivity contribution is 0.318. The van der Waals surface area contributed by atoms with E-state index < -0.39 is 0 Å². The van der Waals surface area contributed by atoms with Gasteiger partial charge in [0.15, 0.2) is 0 Å². The third kappa shape index (κ3) is 3.54. The topological polar surface area (TPSA) is 21.1 Å². The molecule has 0 bridgehead atoms. The van der Waals surface area contributed by atoms with E-state index in [4.69, 9.17) is 23.2 Å². The second-order valence-corrected chi connectivity index (χ2v) is 5.81. The second kappa shape index (κ2) is 6.61. The van der Waals surface area contributed by atoms with Gasteiger partial charge in [0.05, 0.1) is 16.2 Å². The molecule has 5 heteroatoms. The smallest absolute Gasteiger partial charge is 0.0595 e. The minimum Gasteiger partial charge on any atom is -0.298 e. The molecule has 1 aromatic heterocycles. The maximum atomic E-state index is 6.04. The minimum atomic E-state index is 0.595. The molecule has 0 fully saturated rings. The summed E-state index contributed by atoms with van der Waals surface area (Å²) in [7, 11) is 2.09. The van der Waals surface area contributed by atoms with E-state index in [0.717, 1.165) is 25.2 Å². The standard InChI is InChI=1S/C15H19Cl2N3/c1-4-20-11(2)13(8-18-20)10-19(3)9-12-5-6-14(16)15(17)7-12/h5-8H,4,9-10H2,1-3H3. The molecule has 0 N–H and O–H groups in total. The normalized spacial score (nSPS) is 11.3. The monoisotopic (exact) mass is 311 g/mol. The molecule has 0 unspecified atom stereocenters. The summed E-state index contributed by atoms with van der Waals surface area (Å²) in [5.41, 5.74) is 3.64. The average molecular weight is 312 g/mol. The number of hydrogen-bond donors (Lipinski definition) is 0. The number of halogens is 2. The Bertz CT molecular complexity index is 593. The van der Waals surface area contributed by atoms with E-state index in [-0.39, 0.29) is 0 Å². The summed E-state index contributed by atoms with van der Waals surface area (Å²) in [4.78, 5) is 2.24. The molecular formula is C15H19Cl2N3. The second-order valence-electron chi connectivity index (χ2n) is 4.99. The van der Waals surface area contributed by atoms with Crippen LogP contribution in [0, 0.1) is 6.92 Å². The first-order chi connectivity index (χ1) is 9.51. The Hall–Kier alpha value is -1.03. The van der Waals surface area contributed by atoms with Gasteiger partial charge in [-0.25, -0.2) is 0 Å². The van der Waals surface area contributed by atoms with Crippen molar-refractivity contribution in [3.63, 3.8) is 0 Å². The third-order valence-corrected chi connectivity index (χ3v) is 4.12. The van der Waals surface area contributed by atoms with Crippen LogP contribution in [-0.4, -0.2) is 21.7 Å². The molecule has 2 aromatic rings. The summed E-state index contributed by atoms with van der Waals surface area (Å²) in [5, 5.41) is 5.57. The van der Waals surface area contributed by atoms with Gasteiger partial charge < -0.3 is 0 Å². The average Bonchev–Trinajstić information content (AvgIpc) is 2.75. The van der Waals surface area contributed by atoms with Gasteiger partial charge in [-0.2, -0.15) is 5.10 Å². The molecule has 0 saturated heterocycles. The molecule has 0 aliphatic heterocycles. The van der Waals surface area contributed by atoms with Crippen LogP contribution in [-0.2, 0) is 19.6 Å². The molecule has 0 atom stereocenters. The van der Waals surface area contributed by atoms with E-state index in [9.17, 15) is 0 Å². The Morgan fingerprint density at radius 2 is 1.95 bits per heavy atom. The lowest BCUT2D eigenvalue weighted by atomic mass is 10.2. The molecule has 1 aromatic carbocycles.